The zero-order chi connectivity index (χ0) is 18.4. The topological polar surface area (TPSA) is 93.2 Å². The normalized spacial score (nSPS) is 10.0. The molecule has 7 heteroatoms. The van der Waals surface area contributed by atoms with Crippen molar-refractivity contribution >= 4 is 29.1 Å². The summed E-state index contributed by atoms with van der Waals surface area (Å²) in [5.74, 6) is -0.489. The molecule has 0 saturated heterocycles. The van der Waals surface area contributed by atoms with Crippen LogP contribution in [-0.4, -0.2) is 29.0 Å². The minimum atomic E-state index is -0.533. The maximum Gasteiger partial charge on any atom is 0.339 e. The Morgan fingerprint density at radius 2 is 1.65 bits per heavy atom. The zero-order valence-electron chi connectivity index (χ0n) is 14.0. The van der Waals surface area contributed by atoms with Crippen molar-refractivity contribution in [1.82, 2.24) is 9.97 Å². The monoisotopic (exact) mass is 348 g/mol. The predicted molar refractivity (Wildman–Crippen MR) is 97.5 cm³/mol. The highest BCUT2D eigenvalue weighted by molar-refractivity contribution is 6.06. The molecule has 1 aromatic heterocycles. The summed E-state index contributed by atoms with van der Waals surface area (Å²) in [6, 6.07) is 16.1. The number of methoxy groups -OCH3 is 1. The van der Waals surface area contributed by atoms with Crippen LogP contribution in [0.3, 0.4) is 0 Å². The molecule has 130 valence electrons. The summed E-state index contributed by atoms with van der Waals surface area (Å²) in [5, 5.41) is 5.73. The Balaban J connectivity index is 1.72. The van der Waals surface area contributed by atoms with Gasteiger partial charge in [-0.2, -0.15) is 0 Å². The van der Waals surface area contributed by atoms with Crippen LogP contribution in [0.5, 0.6) is 0 Å². The molecule has 0 bridgehead atoms. The van der Waals surface area contributed by atoms with E-state index < -0.39 is 11.9 Å². The van der Waals surface area contributed by atoms with Crippen LogP contribution in [0.4, 0.5) is 17.2 Å². The molecule has 3 rings (SSSR count). The van der Waals surface area contributed by atoms with Gasteiger partial charge in [0.15, 0.2) is 0 Å². The van der Waals surface area contributed by atoms with Gasteiger partial charge in [-0.15, -0.1) is 0 Å². The maximum absolute atomic E-state index is 12.4. The average molecular weight is 348 g/mol. The Morgan fingerprint density at radius 3 is 2.35 bits per heavy atom. The lowest BCUT2D eigenvalue weighted by Crippen LogP contribution is -2.17. The largest absolute Gasteiger partial charge is 0.465 e. The molecule has 0 radical (unpaired) electrons. The first kappa shape index (κ1) is 17.1. The van der Waals surface area contributed by atoms with Crippen LogP contribution < -0.4 is 10.6 Å². The van der Waals surface area contributed by atoms with Gasteiger partial charge in [-0.3, -0.25) is 4.79 Å². The molecular weight excluding hydrogens is 332 g/mol. The van der Waals surface area contributed by atoms with E-state index in [9.17, 15) is 9.59 Å². The van der Waals surface area contributed by atoms with E-state index in [0.717, 1.165) is 5.69 Å². The van der Waals surface area contributed by atoms with Crippen LogP contribution in [0.15, 0.2) is 67.0 Å². The zero-order valence-corrected chi connectivity index (χ0v) is 14.0. The van der Waals surface area contributed by atoms with Crippen LogP contribution in [0.2, 0.25) is 0 Å². The van der Waals surface area contributed by atoms with E-state index >= 15 is 0 Å². The third-order valence-corrected chi connectivity index (χ3v) is 3.51. The van der Waals surface area contributed by atoms with Gasteiger partial charge in [0.25, 0.3) is 5.91 Å². The molecule has 0 aliphatic rings. The van der Waals surface area contributed by atoms with Gasteiger partial charge in [0, 0.05) is 5.69 Å². The Bertz CT molecular complexity index is 912. The van der Waals surface area contributed by atoms with Crippen molar-refractivity contribution in [3.63, 3.8) is 0 Å². The molecule has 0 atom stereocenters. The number of carbonyl (C=O) groups excluding carboxylic acids is 2. The summed E-state index contributed by atoms with van der Waals surface area (Å²) < 4.78 is 4.71. The minimum Gasteiger partial charge on any atom is -0.465 e. The number of esters is 1. The van der Waals surface area contributed by atoms with Crippen LogP contribution in [0, 0.1) is 0 Å². The Morgan fingerprint density at radius 1 is 0.923 bits per heavy atom. The van der Waals surface area contributed by atoms with E-state index in [-0.39, 0.29) is 11.3 Å². The van der Waals surface area contributed by atoms with E-state index in [2.05, 4.69) is 20.6 Å². The number of carbonyl (C=O) groups is 2. The van der Waals surface area contributed by atoms with Crippen molar-refractivity contribution in [2.24, 2.45) is 0 Å². The number of rotatable bonds is 5. The average Bonchev–Trinajstić information content (AvgIpc) is 2.69. The van der Waals surface area contributed by atoms with Gasteiger partial charge in [0.1, 0.15) is 11.5 Å². The minimum absolute atomic E-state index is 0.128. The third-order valence-electron chi connectivity index (χ3n) is 3.51. The van der Waals surface area contributed by atoms with Gasteiger partial charge in [-0.1, -0.05) is 30.3 Å². The van der Waals surface area contributed by atoms with Crippen molar-refractivity contribution in [2.75, 3.05) is 17.7 Å². The maximum atomic E-state index is 12.4. The highest BCUT2D eigenvalue weighted by atomic mass is 16.5. The fourth-order valence-corrected chi connectivity index (χ4v) is 2.25. The summed E-state index contributed by atoms with van der Waals surface area (Å²) in [6.07, 6.45) is 2.83. The SMILES string of the molecule is COC(=O)c1ccccc1NC(=O)c1cnc(Nc2ccccc2)cn1. The van der Waals surface area contributed by atoms with E-state index in [4.69, 9.17) is 4.74 Å². The van der Waals surface area contributed by atoms with Gasteiger partial charge in [0.2, 0.25) is 0 Å². The fraction of sp³-hybridized carbons (Fsp3) is 0.0526. The highest BCUT2D eigenvalue weighted by Gasteiger charge is 2.15. The number of hydrogen-bond donors (Lipinski definition) is 2. The van der Waals surface area contributed by atoms with Crippen molar-refractivity contribution in [3.8, 4) is 0 Å². The van der Waals surface area contributed by atoms with Gasteiger partial charge in [-0.05, 0) is 24.3 Å². The number of amides is 1. The Kier molecular flexibility index (Phi) is 5.19. The number of anilines is 3. The van der Waals surface area contributed by atoms with Crippen LogP contribution in [0.1, 0.15) is 20.8 Å². The van der Waals surface area contributed by atoms with Crippen molar-refractivity contribution in [3.05, 3.63) is 78.2 Å². The molecular formula is C19H16N4O3. The van der Waals surface area contributed by atoms with Crippen LogP contribution in [-0.2, 0) is 4.74 Å². The molecule has 3 aromatic rings. The molecule has 26 heavy (non-hydrogen) atoms. The number of para-hydroxylation sites is 2. The summed E-state index contributed by atoms with van der Waals surface area (Å²) >= 11 is 0. The molecule has 2 N–H and O–H groups in total. The molecule has 0 aliphatic carbocycles. The van der Waals surface area contributed by atoms with Gasteiger partial charge in [0.05, 0.1) is 30.8 Å². The first-order valence-corrected chi connectivity index (χ1v) is 7.80. The van der Waals surface area contributed by atoms with Gasteiger partial charge < -0.3 is 15.4 Å². The fourth-order valence-electron chi connectivity index (χ4n) is 2.25. The summed E-state index contributed by atoms with van der Waals surface area (Å²) in [7, 11) is 1.28. The van der Waals surface area contributed by atoms with Gasteiger partial charge >= 0.3 is 5.97 Å². The number of nitrogens with one attached hydrogen (secondary N) is 2. The van der Waals surface area contributed by atoms with Crippen molar-refractivity contribution in [1.29, 1.82) is 0 Å². The summed E-state index contributed by atoms with van der Waals surface area (Å²) in [4.78, 5) is 32.4. The second-order valence-electron chi connectivity index (χ2n) is 5.27. The lowest BCUT2D eigenvalue weighted by atomic mass is 10.1. The van der Waals surface area contributed by atoms with Crippen molar-refractivity contribution < 1.29 is 14.3 Å². The Hall–Kier alpha value is -3.74. The van der Waals surface area contributed by atoms with Crippen LogP contribution >= 0.6 is 0 Å². The molecule has 1 heterocycles. The second-order valence-corrected chi connectivity index (χ2v) is 5.27. The molecule has 0 spiro atoms. The molecule has 0 unspecified atom stereocenters. The standard InChI is InChI=1S/C19H16N4O3/c1-26-19(25)14-9-5-6-10-15(14)23-18(24)16-11-21-17(12-20-16)22-13-7-3-2-4-8-13/h2-12H,1H3,(H,21,22)(H,23,24). The number of nitrogens with zero attached hydrogens (tertiary/aromatic N) is 2. The summed E-state index contributed by atoms with van der Waals surface area (Å²) in [5.41, 5.74) is 1.60. The van der Waals surface area contributed by atoms with Gasteiger partial charge in [-0.25, -0.2) is 14.8 Å². The van der Waals surface area contributed by atoms with Crippen molar-refractivity contribution in [2.45, 2.75) is 0 Å². The van der Waals surface area contributed by atoms with Crippen LogP contribution in [0.25, 0.3) is 0 Å². The number of aromatic nitrogens is 2. The molecule has 7 nitrogen and oxygen atoms in total. The molecule has 0 saturated carbocycles. The number of ether oxygens (including phenoxy) is 1. The van der Waals surface area contributed by atoms with E-state index in [0.29, 0.717) is 11.5 Å². The second kappa shape index (κ2) is 7.89. The molecule has 0 fully saturated rings. The number of benzene rings is 2. The first-order chi connectivity index (χ1) is 12.7. The molecule has 2 aromatic carbocycles. The van der Waals surface area contributed by atoms with E-state index in [1.54, 1.807) is 24.3 Å². The summed E-state index contributed by atoms with van der Waals surface area (Å²) in [6.45, 7) is 0. The third kappa shape index (κ3) is 4.02. The molecule has 1 amide bonds. The quantitative estimate of drug-likeness (QED) is 0.688. The predicted octanol–water partition coefficient (Wildman–Crippen LogP) is 3.26. The first-order valence-electron chi connectivity index (χ1n) is 7.80. The lowest BCUT2D eigenvalue weighted by Gasteiger charge is -2.09. The van der Waals surface area contributed by atoms with E-state index in [1.165, 1.54) is 19.5 Å². The van der Waals surface area contributed by atoms with E-state index in [1.807, 2.05) is 30.3 Å². The smallest absolute Gasteiger partial charge is 0.339 e. The lowest BCUT2D eigenvalue weighted by molar-refractivity contribution is 0.0602. The highest BCUT2D eigenvalue weighted by Crippen LogP contribution is 2.17. The Labute approximate surface area is 150 Å². The number of hydrogen-bond acceptors (Lipinski definition) is 6. The molecule has 0 aliphatic heterocycles.